The third-order valence-corrected chi connectivity index (χ3v) is 2.75. The van der Waals surface area contributed by atoms with Gasteiger partial charge in [0.15, 0.2) is 0 Å². The van der Waals surface area contributed by atoms with E-state index in [0.29, 0.717) is 0 Å². The van der Waals surface area contributed by atoms with Gasteiger partial charge in [-0.1, -0.05) is 12.8 Å². The largest absolute Gasteiger partial charge is 0.412 e. The van der Waals surface area contributed by atoms with Crippen molar-refractivity contribution in [1.29, 1.82) is 0 Å². The molecule has 4 N–H and O–H groups in total. The number of hydrogen-bond donors (Lipinski definition) is 2. The van der Waals surface area contributed by atoms with Crippen molar-refractivity contribution in [3.05, 3.63) is 0 Å². The van der Waals surface area contributed by atoms with Crippen molar-refractivity contribution in [3.8, 4) is 0 Å². The lowest BCUT2D eigenvalue weighted by Crippen LogP contribution is -2.37. The normalized spacial score (nSPS) is 37.5. The maximum atomic E-state index is 9.33. The van der Waals surface area contributed by atoms with Gasteiger partial charge in [-0.2, -0.15) is 10.1 Å². The summed E-state index contributed by atoms with van der Waals surface area (Å²) in [5.41, 5.74) is 0. The number of fused-ring (bicyclic) bond motifs is 1. The van der Waals surface area contributed by atoms with Crippen LogP contribution in [0, 0.1) is 0 Å². The average Bonchev–Trinajstić information content (AvgIpc) is 2.30. The molecule has 0 aromatic heterocycles. The van der Waals surface area contributed by atoms with Crippen LogP contribution in [0.5, 0.6) is 0 Å². The van der Waals surface area contributed by atoms with Crippen molar-refractivity contribution in [2.24, 2.45) is 0 Å². The highest BCUT2D eigenvalue weighted by atomic mass is 16.6. The molecule has 72 valence electrons. The summed E-state index contributed by atoms with van der Waals surface area (Å²) in [6, 6.07) is 0.350. The molecule has 1 aliphatic heterocycles. The predicted molar refractivity (Wildman–Crippen MR) is 41.8 cm³/mol. The summed E-state index contributed by atoms with van der Waals surface area (Å²) in [5, 5.41) is 21.2. The molecule has 2 rings (SSSR count). The van der Waals surface area contributed by atoms with Gasteiger partial charge < -0.3 is 15.9 Å². The van der Waals surface area contributed by atoms with E-state index in [4.69, 9.17) is 0 Å². The van der Waals surface area contributed by atoms with Crippen LogP contribution in [-0.2, 0) is 0 Å². The molecule has 0 bridgehead atoms. The van der Waals surface area contributed by atoms with E-state index in [2.05, 4.69) is 0 Å². The van der Waals surface area contributed by atoms with Crippen LogP contribution in [0.25, 0.3) is 0 Å². The van der Waals surface area contributed by atoms with E-state index in [9.17, 15) is 10.4 Å². The SMILES string of the molecule is O.ON1CN(O)C2CCCCC21. The van der Waals surface area contributed by atoms with Crippen LogP contribution in [-0.4, -0.2) is 44.8 Å². The van der Waals surface area contributed by atoms with Crippen molar-refractivity contribution in [2.75, 3.05) is 6.67 Å². The Bertz CT molecular complexity index is 140. The second-order valence-electron chi connectivity index (χ2n) is 3.44. The first kappa shape index (κ1) is 9.88. The molecule has 5 nitrogen and oxygen atoms in total. The van der Waals surface area contributed by atoms with Crippen LogP contribution in [0.3, 0.4) is 0 Å². The van der Waals surface area contributed by atoms with Crippen LogP contribution >= 0.6 is 0 Å². The fourth-order valence-corrected chi connectivity index (χ4v) is 2.15. The lowest BCUT2D eigenvalue weighted by atomic mass is 9.91. The first-order valence-electron chi connectivity index (χ1n) is 4.20. The molecule has 0 spiro atoms. The molecule has 0 aromatic rings. The molecule has 2 atom stereocenters. The minimum Gasteiger partial charge on any atom is -0.412 e. The van der Waals surface area contributed by atoms with Crippen molar-refractivity contribution in [3.63, 3.8) is 0 Å². The fraction of sp³-hybridized carbons (Fsp3) is 1.00. The Balaban J connectivity index is 0.000000720. The predicted octanol–water partition coefficient (Wildman–Crippen LogP) is -0.174. The molecular formula is C7H16N2O3. The van der Waals surface area contributed by atoms with Crippen LogP contribution < -0.4 is 0 Å². The maximum absolute atomic E-state index is 9.33. The first-order chi connectivity index (χ1) is 5.29. The Labute approximate surface area is 71.4 Å². The molecule has 2 unspecified atom stereocenters. The quantitative estimate of drug-likeness (QED) is 0.537. The topological polar surface area (TPSA) is 78.4 Å². The van der Waals surface area contributed by atoms with Crippen LogP contribution in [0.4, 0.5) is 0 Å². The van der Waals surface area contributed by atoms with E-state index in [0.717, 1.165) is 12.8 Å². The fourth-order valence-electron chi connectivity index (χ4n) is 2.15. The summed E-state index contributed by atoms with van der Waals surface area (Å²) in [4.78, 5) is 0. The Hall–Kier alpha value is -0.200. The molecule has 12 heavy (non-hydrogen) atoms. The van der Waals surface area contributed by atoms with Crippen molar-refractivity contribution in [2.45, 2.75) is 37.8 Å². The molecule has 0 aromatic carbocycles. The van der Waals surface area contributed by atoms with Crippen molar-refractivity contribution >= 4 is 0 Å². The van der Waals surface area contributed by atoms with E-state index in [-0.39, 0.29) is 24.2 Å². The van der Waals surface area contributed by atoms with Crippen LogP contribution in [0.2, 0.25) is 0 Å². The summed E-state index contributed by atoms with van der Waals surface area (Å²) in [5.74, 6) is 0. The zero-order valence-electron chi connectivity index (χ0n) is 6.98. The Kier molecular flexibility index (Phi) is 3.03. The van der Waals surface area contributed by atoms with Gasteiger partial charge in [-0.05, 0) is 12.8 Å². The Morgan fingerprint density at radius 1 is 0.917 bits per heavy atom. The zero-order valence-corrected chi connectivity index (χ0v) is 6.98. The van der Waals surface area contributed by atoms with Gasteiger partial charge in [0, 0.05) is 0 Å². The van der Waals surface area contributed by atoms with Crippen LogP contribution in [0.1, 0.15) is 25.7 Å². The van der Waals surface area contributed by atoms with Gasteiger partial charge in [0.05, 0.1) is 12.1 Å². The van der Waals surface area contributed by atoms with E-state index in [1.807, 2.05) is 0 Å². The average molecular weight is 176 g/mol. The number of nitrogens with zero attached hydrogens (tertiary/aromatic N) is 2. The number of hydroxylamine groups is 4. The van der Waals surface area contributed by atoms with E-state index >= 15 is 0 Å². The third kappa shape index (κ3) is 1.46. The molecule has 0 amide bonds. The summed E-state index contributed by atoms with van der Waals surface area (Å²) >= 11 is 0. The van der Waals surface area contributed by atoms with Gasteiger partial charge in [0.2, 0.25) is 0 Å². The van der Waals surface area contributed by atoms with Crippen LogP contribution in [0.15, 0.2) is 0 Å². The highest BCUT2D eigenvalue weighted by molar-refractivity contribution is 4.88. The molecule has 2 fully saturated rings. The van der Waals surface area contributed by atoms with Crippen molar-refractivity contribution in [1.82, 2.24) is 10.1 Å². The standard InChI is InChI=1S/C7H14N2O2.H2O/c10-8-5-9(11)7-4-2-1-3-6(7)8;/h6-7,10-11H,1-5H2;1H2. The van der Waals surface area contributed by atoms with Crippen molar-refractivity contribution < 1.29 is 15.9 Å². The van der Waals surface area contributed by atoms with E-state index in [1.54, 1.807) is 0 Å². The molecule has 1 saturated carbocycles. The molecule has 2 aliphatic rings. The molecule has 1 saturated heterocycles. The highest BCUT2D eigenvalue weighted by Crippen LogP contribution is 2.29. The molecule has 1 aliphatic carbocycles. The third-order valence-electron chi connectivity index (χ3n) is 2.75. The van der Waals surface area contributed by atoms with Gasteiger partial charge >= 0.3 is 0 Å². The Morgan fingerprint density at radius 2 is 1.33 bits per heavy atom. The van der Waals surface area contributed by atoms with Gasteiger partial charge in [0.25, 0.3) is 0 Å². The second-order valence-corrected chi connectivity index (χ2v) is 3.44. The molecule has 1 heterocycles. The van der Waals surface area contributed by atoms with E-state index in [1.165, 1.54) is 23.0 Å². The molecule has 0 radical (unpaired) electrons. The minimum atomic E-state index is 0. The van der Waals surface area contributed by atoms with Gasteiger partial charge in [0.1, 0.15) is 6.67 Å². The smallest absolute Gasteiger partial charge is 0.100 e. The zero-order chi connectivity index (χ0) is 7.84. The second kappa shape index (κ2) is 3.68. The summed E-state index contributed by atoms with van der Waals surface area (Å²) in [6.07, 6.45) is 4.37. The maximum Gasteiger partial charge on any atom is 0.100 e. The monoisotopic (exact) mass is 176 g/mol. The summed E-state index contributed by atoms with van der Waals surface area (Å²) in [6.45, 7) is 0.287. The summed E-state index contributed by atoms with van der Waals surface area (Å²) in [7, 11) is 0. The van der Waals surface area contributed by atoms with Gasteiger partial charge in [-0.15, -0.1) is 0 Å². The first-order valence-corrected chi connectivity index (χ1v) is 4.20. The van der Waals surface area contributed by atoms with Gasteiger partial charge in [-0.3, -0.25) is 0 Å². The van der Waals surface area contributed by atoms with E-state index < -0.39 is 0 Å². The molecule has 5 heteroatoms. The summed E-state index contributed by atoms with van der Waals surface area (Å²) < 4.78 is 0. The minimum absolute atomic E-state index is 0. The molecular weight excluding hydrogens is 160 g/mol. The lowest BCUT2D eigenvalue weighted by molar-refractivity contribution is -0.156. The number of hydrogen-bond acceptors (Lipinski definition) is 4. The highest BCUT2D eigenvalue weighted by Gasteiger charge is 2.40. The number of rotatable bonds is 0. The van der Waals surface area contributed by atoms with Gasteiger partial charge in [-0.25, -0.2) is 0 Å². The Morgan fingerprint density at radius 3 is 1.75 bits per heavy atom. The lowest BCUT2D eigenvalue weighted by Gasteiger charge is -2.27.